The van der Waals surface area contributed by atoms with Crippen molar-refractivity contribution in [3.05, 3.63) is 47.0 Å². The molecule has 2 heterocycles. The van der Waals surface area contributed by atoms with Crippen LogP contribution in [-0.4, -0.2) is 14.8 Å². The summed E-state index contributed by atoms with van der Waals surface area (Å²) in [5.74, 6) is 5.59. The lowest BCUT2D eigenvalue weighted by Crippen LogP contribution is -2.28. The molecule has 1 atom stereocenters. The minimum Gasteiger partial charge on any atom is -0.273 e. The first-order valence-electron chi connectivity index (χ1n) is 5.34. The Balaban J connectivity index is 2.36. The van der Waals surface area contributed by atoms with Gasteiger partial charge in [-0.2, -0.15) is 5.10 Å². The molecule has 0 radical (unpaired) electrons. The van der Waals surface area contributed by atoms with Crippen LogP contribution in [0.1, 0.15) is 24.1 Å². The van der Waals surface area contributed by atoms with Gasteiger partial charge < -0.3 is 0 Å². The van der Waals surface area contributed by atoms with E-state index in [1.54, 1.807) is 18.6 Å². The number of hydrazine groups is 1. The van der Waals surface area contributed by atoms with E-state index < -0.39 is 0 Å². The normalized spacial score (nSPS) is 12.6. The van der Waals surface area contributed by atoms with E-state index in [1.165, 1.54) is 0 Å². The van der Waals surface area contributed by atoms with E-state index in [1.807, 2.05) is 23.9 Å². The number of nitrogens with two attached hydrogens (primary N) is 1. The molecule has 0 aromatic carbocycles. The Labute approximate surface area is 105 Å². The maximum Gasteiger partial charge on any atom is 0.0756 e. The van der Waals surface area contributed by atoms with Gasteiger partial charge in [0, 0.05) is 30.7 Å². The topological polar surface area (TPSA) is 68.8 Å². The van der Waals surface area contributed by atoms with Crippen molar-refractivity contribution in [2.75, 3.05) is 0 Å². The molecule has 5 nitrogen and oxygen atoms in total. The lowest BCUT2D eigenvalue weighted by molar-refractivity contribution is 0.629. The monoisotopic (exact) mass is 251 g/mol. The Morgan fingerprint density at radius 1 is 1.53 bits per heavy atom. The molecule has 1 unspecified atom stereocenters. The van der Waals surface area contributed by atoms with Gasteiger partial charge in [0.05, 0.1) is 17.3 Å². The van der Waals surface area contributed by atoms with Crippen molar-refractivity contribution in [1.82, 2.24) is 20.2 Å². The minimum atomic E-state index is -0.175. The Bertz CT molecular complexity index is 496. The SMILES string of the molecule is CCn1cc(C(NN)c2ccncc2Cl)cn1. The highest BCUT2D eigenvalue weighted by atomic mass is 35.5. The predicted octanol–water partition coefficient (Wildman–Crippen LogP) is 1.50. The van der Waals surface area contributed by atoms with Crippen molar-refractivity contribution in [1.29, 1.82) is 0 Å². The number of rotatable bonds is 4. The zero-order valence-corrected chi connectivity index (χ0v) is 10.2. The highest BCUT2D eigenvalue weighted by molar-refractivity contribution is 6.31. The largest absolute Gasteiger partial charge is 0.273 e. The van der Waals surface area contributed by atoms with Crippen molar-refractivity contribution in [2.45, 2.75) is 19.5 Å². The van der Waals surface area contributed by atoms with Gasteiger partial charge in [-0.25, -0.2) is 5.43 Å². The Hall–Kier alpha value is -1.43. The lowest BCUT2D eigenvalue weighted by atomic mass is 10.0. The summed E-state index contributed by atoms with van der Waals surface area (Å²) in [5, 5.41) is 4.80. The van der Waals surface area contributed by atoms with Crippen LogP contribution in [0, 0.1) is 0 Å². The van der Waals surface area contributed by atoms with Crippen LogP contribution in [0.5, 0.6) is 0 Å². The molecule has 0 saturated carbocycles. The molecule has 0 aliphatic rings. The second-order valence-electron chi connectivity index (χ2n) is 3.63. The van der Waals surface area contributed by atoms with Crippen LogP contribution in [0.4, 0.5) is 0 Å². The van der Waals surface area contributed by atoms with Crippen LogP contribution in [0.2, 0.25) is 5.02 Å². The number of aromatic nitrogens is 3. The summed E-state index contributed by atoms with van der Waals surface area (Å²) in [7, 11) is 0. The van der Waals surface area contributed by atoms with Crippen molar-refractivity contribution >= 4 is 11.6 Å². The zero-order valence-electron chi connectivity index (χ0n) is 9.47. The maximum atomic E-state index is 6.10. The van der Waals surface area contributed by atoms with Crippen LogP contribution in [0.3, 0.4) is 0 Å². The molecule has 0 bridgehead atoms. The smallest absolute Gasteiger partial charge is 0.0756 e. The quantitative estimate of drug-likeness (QED) is 0.638. The molecule has 3 N–H and O–H groups in total. The first kappa shape index (κ1) is 12.0. The molecule has 0 saturated heterocycles. The fraction of sp³-hybridized carbons (Fsp3) is 0.273. The summed E-state index contributed by atoms with van der Waals surface area (Å²) in [6.07, 6.45) is 7.02. The Morgan fingerprint density at radius 2 is 2.35 bits per heavy atom. The summed E-state index contributed by atoms with van der Waals surface area (Å²) in [4.78, 5) is 3.96. The highest BCUT2D eigenvalue weighted by Gasteiger charge is 2.16. The number of halogens is 1. The van der Waals surface area contributed by atoms with Crippen molar-refractivity contribution < 1.29 is 0 Å². The second-order valence-corrected chi connectivity index (χ2v) is 4.03. The van der Waals surface area contributed by atoms with E-state index in [9.17, 15) is 0 Å². The Morgan fingerprint density at radius 3 is 2.94 bits per heavy atom. The molecule has 0 fully saturated rings. The van der Waals surface area contributed by atoms with Gasteiger partial charge in [-0.3, -0.25) is 15.5 Å². The molecule has 0 amide bonds. The van der Waals surface area contributed by atoms with Crippen LogP contribution in [0.15, 0.2) is 30.9 Å². The van der Waals surface area contributed by atoms with E-state index >= 15 is 0 Å². The van der Waals surface area contributed by atoms with E-state index in [2.05, 4.69) is 15.5 Å². The van der Waals surface area contributed by atoms with Gasteiger partial charge in [0.2, 0.25) is 0 Å². The first-order chi connectivity index (χ1) is 8.26. The summed E-state index contributed by atoms with van der Waals surface area (Å²) in [6, 6.07) is 1.67. The fourth-order valence-corrected chi connectivity index (χ4v) is 1.92. The molecule has 0 spiro atoms. The van der Waals surface area contributed by atoms with Crippen LogP contribution >= 0.6 is 11.6 Å². The van der Waals surface area contributed by atoms with Crippen molar-refractivity contribution in [3.8, 4) is 0 Å². The fourth-order valence-electron chi connectivity index (χ4n) is 1.69. The van der Waals surface area contributed by atoms with Crippen LogP contribution < -0.4 is 11.3 Å². The number of nitrogens with zero attached hydrogens (tertiary/aromatic N) is 3. The maximum absolute atomic E-state index is 6.10. The highest BCUT2D eigenvalue weighted by Crippen LogP contribution is 2.26. The lowest BCUT2D eigenvalue weighted by Gasteiger charge is -2.15. The molecule has 6 heteroatoms. The summed E-state index contributed by atoms with van der Waals surface area (Å²) in [5.41, 5.74) is 4.61. The zero-order chi connectivity index (χ0) is 12.3. The van der Waals surface area contributed by atoms with Gasteiger partial charge in [-0.15, -0.1) is 0 Å². The molecule has 17 heavy (non-hydrogen) atoms. The third kappa shape index (κ3) is 2.46. The molecule has 2 rings (SSSR count). The van der Waals surface area contributed by atoms with E-state index in [4.69, 9.17) is 17.4 Å². The number of hydrogen-bond donors (Lipinski definition) is 2. The van der Waals surface area contributed by atoms with Gasteiger partial charge in [-0.05, 0) is 18.6 Å². The Kier molecular flexibility index (Phi) is 3.73. The molecule has 0 aliphatic carbocycles. The average Bonchev–Trinajstić information content (AvgIpc) is 2.81. The van der Waals surface area contributed by atoms with Gasteiger partial charge in [0.25, 0.3) is 0 Å². The van der Waals surface area contributed by atoms with E-state index in [0.29, 0.717) is 5.02 Å². The molecule has 0 aliphatic heterocycles. The summed E-state index contributed by atoms with van der Waals surface area (Å²) in [6.45, 7) is 2.85. The van der Waals surface area contributed by atoms with Gasteiger partial charge in [0.15, 0.2) is 0 Å². The summed E-state index contributed by atoms with van der Waals surface area (Å²) >= 11 is 6.10. The van der Waals surface area contributed by atoms with Gasteiger partial charge in [0.1, 0.15) is 0 Å². The third-order valence-electron chi connectivity index (χ3n) is 2.59. The van der Waals surface area contributed by atoms with Crippen molar-refractivity contribution in [3.63, 3.8) is 0 Å². The number of pyridine rings is 1. The van der Waals surface area contributed by atoms with E-state index in [-0.39, 0.29) is 6.04 Å². The predicted molar refractivity (Wildman–Crippen MR) is 66.3 cm³/mol. The molecule has 2 aromatic rings. The van der Waals surface area contributed by atoms with Crippen LogP contribution in [-0.2, 0) is 6.54 Å². The molecular formula is C11H14ClN5. The molecule has 90 valence electrons. The number of hydrogen-bond acceptors (Lipinski definition) is 4. The number of aryl methyl sites for hydroxylation is 1. The number of nitrogens with one attached hydrogen (secondary N) is 1. The van der Waals surface area contributed by atoms with E-state index in [0.717, 1.165) is 17.7 Å². The first-order valence-corrected chi connectivity index (χ1v) is 5.72. The van der Waals surface area contributed by atoms with Crippen LogP contribution in [0.25, 0.3) is 0 Å². The second kappa shape index (κ2) is 5.27. The van der Waals surface area contributed by atoms with Gasteiger partial charge in [-0.1, -0.05) is 11.6 Å². The third-order valence-corrected chi connectivity index (χ3v) is 2.91. The van der Waals surface area contributed by atoms with Crippen molar-refractivity contribution in [2.24, 2.45) is 5.84 Å². The molecular weight excluding hydrogens is 238 g/mol. The summed E-state index contributed by atoms with van der Waals surface area (Å²) < 4.78 is 1.84. The van der Waals surface area contributed by atoms with Gasteiger partial charge >= 0.3 is 0 Å². The molecule has 2 aromatic heterocycles. The standard InChI is InChI=1S/C11H14ClN5/c1-2-17-7-8(5-15-17)11(16-13)9-3-4-14-6-10(9)12/h3-7,11,16H,2,13H2,1H3. The average molecular weight is 252 g/mol. The minimum absolute atomic E-state index is 0.175.